The van der Waals surface area contributed by atoms with Gasteiger partial charge in [-0.2, -0.15) is 0 Å². The van der Waals surface area contributed by atoms with Crippen molar-refractivity contribution in [3.05, 3.63) is 58.2 Å². The van der Waals surface area contributed by atoms with Crippen LogP contribution in [-0.4, -0.2) is 36.3 Å². The Morgan fingerprint density at radius 2 is 1.69 bits per heavy atom. The number of amides is 2. The highest BCUT2D eigenvalue weighted by molar-refractivity contribution is 14.1. The summed E-state index contributed by atoms with van der Waals surface area (Å²) in [4.78, 5) is 26.8. The van der Waals surface area contributed by atoms with Crippen LogP contribution in [0.15, 0.2) is 54.6 Å². The highest BCUT2D eigenvalue weighted by atomic mass is 127. The maximum absolute atomic E-state index is 12.5. The minimum atomic E-state index is -0.0879. The van der Waals surface area contributed by atoms with Gasteiger partial charge in [-0.25, -0.2) is 0 Å². The summed E-state index contributed by atoms with van der Waals surface area (Å²) < 4.78 is 1.13. The molecule has 2 amide bonds. The normalized spacial score (nSPS) is 17.5. The fourth-order valence-electron chi connectivity index (χ4n) is 3.12. The van der Waals surface area contributed by atoms with Crippen LogP contribution >= 0.6 is 22.6 Å². The minimum Gasteiger partial charge on any atom is -0.326 e. The summed E-state index contributed by atoms with van der Waals surface area (Å²) >= 11 is 2.23. The van der Waals surface area contributed by atoms with Crippen molar-refractivity contribution in [3.8, 4) is 0 Å². The molecule has 0 saturated carbocycles. The maximum atomic E-state index is 12.5. The van der Waals surface area contributed by atoms with E-state index in [9.17, 15) is 9.59 Å². The summed E-state index contributed by atoms with van der Waals surface area (Å²) in [6, 6.07) is 17.2. The number of halogens is 1. The number of hydrogen-bond acceptors (Lipinski definition) is 3. The predicted octanol–water partition coefficient (Wildman–Crippen LogP) is 3.58. The van der Waals surface area contributed by atoms with Crippen LogP contribution in [0.25, 0.3) is 0 Å². The number of anilines is 2. The Hall–Kier alpha value is -1.93. The molecular formula is C20H22IN3O2. The van der Waals surface area contributed by atoms with Crippen LogP contribution in [0.3, 0.4) is 0 Å². The average Bonchev–Trinajstić information content (AvgIpc) is 2.64. The van der Waals surface area contributed by atoms with Crippen LogP contribution in [0, 0.1) is 9.49 Å². The lowest BCUT2D eigenvalue weighted by molar-refractivity contribution is -0.123. The number of rotatable bonds is 5. The molecule has 136 valence electrons. The third-order valence-corrected chi connectivity index (χ3v) is 5.13. The van der Waals surface area contributed by atoms with Gasteiger partial charge in [-0.15, -0.1) is 0 Å². The first-order valence-electron chi connectivity index (χ1n) is 8.74. The van der Waals surface area contributed by atoms with Crippen molar-refractivity contribution in [3.63, 3.8) is 0 Å². The second-order valence-electron chi connectivity index (χ2n) is 6.48. The lowest BCUT2D eigenvalue weighted by atomic mass is 9.97. The number of para-hydroxylation sites is 1. The molecule has 2 N–H and O–H groups in total. The SMILES string of the molecule is O=C(CN1CCC[C@@H](C(=O)Nc2ccccc2)C1)Nc1ccc(I)cc1. The number of nitrogens with one attached hydrogen (secondary N) is 2. The van der Waals surface area contributed by atoms with Gasteiger partial charge in [0.15, 0.2) is 0 Å². The number of hydrogen-bond donors (Lipinski definition) is 2. The molecule has 6 heteroatoms. The molecule has 5 nitrogen and oxygen atoms in total. The second-order valence-corrected chi connectivity index (χ2v) is 7.73. The monoisotopic (exact) mass is 463 g/mol. The van der Waals surface area contributed by atoms with Crippen molar-refractivity contribution < 1.29 is 9.59 Å². The topological polar surface area (TPSA) is 61.4 Å². The van der Waals surface area contributed by atoms with Gasteiger partial charge in [-0.1, -0.05) is 18.2 Å². The molecule has 0 spiro atoms. The molecule has 2 aromatic carbocycles. The Balaban J connectivity index is 1.50. The first kappa shape index (κ1) is 18.8. The summed E-state index contributed by atoms with van der Waals surface area (Å²) in [5.74, 6) is -0.107. The van der Waals surface area contributed by atoms with Crippen molar-refractivity contribution in [1.29, 1.82) is 0 Å². The molecule has 26 heavy (non-hydrogen) atoms. The van der Waals surface area contributed by atoms with Gasteiger partial charge in [-0.3, -0.25) is 14.5 Å². The molecule has 1 saturated heterocycles. The van der Waals surface area contributed by atoms with Crippen molar-refractivity contribution in [2.75, 3.05) is 30.3 Å². The fourth-order valence-corrected chi connectivity index (χ4v) is 3.48. The molecule has 2 aromatic rings. The van der Waals surface area contributed by atoms with Crippen LogP contribution in [0.4, 0.5) is 11.4 Å². The lowest BCUT2D eigenvalue weighted by Crippen LogP contribution is -2.43. The zero-order valence-electron chi connectivity index (χ0n) is 14.5. The summed E-state index contributed by atoms with van der Waals surface area (Å²) in [7, 11) is 0. The van der Waals surface area contributed by atoms with E-state index in [0.29, 0.717) is 13.1 Å². The van der Waals surface area contributed by atoms with Gasteiger partial charge in [0.2, 0.25) is 11.8 Å². The van der Waals surface area contributed by atoms with Crippen molar-refractivity contribution >= 4 is 45.8 Å². The number of likely N-dealkylation sites (tertiary alicyclic amines) is 1. The maximum Gasteiger partial charge on any atom is 0.238 e. The Bertz CT molecular complexity index is 749. The lowest BCUT2D eigenvalue weighted by Gasteiger charge is -2.31. The summed E-state index contributed by atoms with van der Waals surface area (Å²) in [5.41, 5.74) is 1.61. The van der Waals surface area contributed by atoms with E-state index in [4.69, 9.17) is 0 Å². The van der Waals surface area contributed by atoms with Crippen molar-refractivity contribution in [2.45, 2.75) is 12.8 Å². The highest BCUT2D eigenvalue weighted by Crippen LogP contribution is 2.19. The van der Waals surface area contributed by atoms with Gasteiger partial charge < -0.3 is 10.6 Å². The first-order chi connectivity index (χ1) is 12.6. The molecule has 0 aliphatic carbocycles. The quantitative estimate of drug-likeness (QED) is 0.667. The van der Waals surface area contributed by atoms with E-state index in [1.54, 1.807) is 0 Å². The van der Waals surface area contributed by atoms with Crippen LogP contribution in [-0.2, 0) is 9.59 Å². The van der Waals surface area contributed by atoms with Crippen LogP contribution in [0.2, 0.25) is 0 Å². The van der Waals surface area contributed by atoms with Gasteiger partial charge in [-0.05, 0) is 78.4 Å². The van der Waals surface area contributed by atoms with Gasteiger partial charge in [0.1, 0.15) is 0 Å². The van der Waals surface area contributed by atoms with Crippen LogP contribution in [0.5, 0.6) is 0 Å². The highest BCUT2D eigenvalue weighted by Gasteiger charge is 2.26. The number of carbonyl (C=O) groups excluding carboxylic acids is 2. The molecule has 1 aliphatic heterocycles. The van der Waals surface area contributed by atoms with Gasteiger partial charge in [0.25, 0.3) is 0 Å². The van der Waals surface area contributed by atoms with Gasteiger partial charge >= 0.3 is 0 Å². The van der Waals surface area contributed by atoms with E-state index in [-0.39, 0.29) is 17.7 Å². The van der Waals surface area contributed by atoms with E-state index in [2.05, 4.69) is 38.1 Å². The molecular weight excluding hydrogens is 441 g/mol. The Kier molecular flexibility index (Phi) is 6.62. The summed E-state index contributed by atoms with van der Waals surface area (Å²) in [5, 5.41) is 5.88. The fraction of sp³-hybridized carbons (Fsp3) is 0.300. The molecule has 0 bridgehead atoms. The van der Waals surface area contributed by atoms with Gasteiger partial charge in [0.05, 0.1) is 12.5 Å². The van der Waals surface area contributed by atoms with E-state index in [1.165, 1.54) is 0 Å². The predicted molar refractivity (Wildman–Crippen MR) is 112 cm³/mol. The van der Waals surface area contributed by atoms with Gasteiger partial charge in [0, 0.05) is 21.5 Å². The minimum absolute atomic E-state index is 0.0268. The average molecular weight is 463 g/mol. The molecule has 0 unspecified atom stereocenters. The molecule has 1 aliphatic rings. The number of carbonyl (C=O) groups is 2. The largest absolute Gasteiger partial charge is 0.326 e. The van der Waals surface area contributed by atoms with E-state index < -0.39 is 0 Å². The standard InChI is InChI=1S/C20H22IN3O2/c21-16-8-10-18(11-9-16)22-19(25)14-24-12-4-5-15(13-24)20(26)23-17-6-2-1-3-7-17/h1-3,6-11,15H,4-5,12-14H2,(H,22,25)(H,23,26)/t15-/m1/s1. The second kappa shape index (κ2) is 9.14. The Morgan fingerprint density at radius 3 is 2.42 bits per heavy atom. The summed E-state index contributed by atoms with van der Waals surface area (Å²) in [6.45, 7) is 1.76. The number of piperidine rings is 1. The van der Waals surface area contributed by atoms with Crippen LogP contribution < -0.4 is 10.6 Å². The summed E-state index contributed by atoms with van der Waals surface area (Å²) in [6.07, 6.45) is 1.78. The Labute approximate surface area is 167 Å². The molecule has 0 radical (unpaired) electrons. The molecule has 3 rings (SSSR count). The van der Waals surface area contributed by atoms with E-state index in [0.717, 1.165) is 34.3 Å². The zero-order valence-corrected chi connectivity index (χ0v) is 16.6. The third-order valence-electron chi connectivity index (χ3n) is 4.41. The number of nitrogens with zero attached hydrogens (tertiary/aromatic N) is 1. The van der Waals surface area contributed by atoms with Crippen molar-refractivity contribution in [2.24, 2.45) is 5.92 Å². The number of benzene rings is 2. The molecule has 1 fully saturated rings. The molecule has 1 atom stereocenters. The third kappa shape index (κ3) is 5.54. The van der Waals surface area contributed by atoms with Crippen LogP contribution in [0.1, 0.15) is 12.8 Å². The molecule has 0 aromatic heterocycles. The van der Waals surface area contributed by atoms with E-state index >= 15 is 0 Å². The first-order valence-corrected chi connectivity index (χ1v) is 9.82. The van der Waals surface area contributed by atoms with Crippen molar-refractivity contribution in [1.82, 2.24) is 4.90 Å². The smallest absolute Gasteiger partial charge is 0.238 e. The van der Waals surface area contributed by atoms with E-state index in [1.807, 2.05) is 54.6 Å². The zero-order chi connectivity index (χ0) is 18.4. The molecule has 1 heterocycles. The Morgan fingerprint density at radius 1 is 1.00 bits per heavy atom.